The number of rotatable bonds is 5. The number of carbonyl (C=O) groups excluding carboxylic acids is 1. The van der Waals surface area contributed by atoms with Gasteiger partial charge in [0.05, 0.1) is 17.3 Å². The Morgan fingerprint density at radius 1 is 1.45 bits per heavy atom. The maximum atomic E-state index is 12.1. The summed E-state index contributed by atoms with van der Waals surface area (Å²) < 4.78 is 70.3. The number of hydrogen-bond donors (Lipinski definition) is 0. The molecular formula is C8H6ClF3O6S2. The maximum absolute atomic E-state index is 12.1. The topological polar surface area (TPSA) is 78.9 Å². The molecule has 12 heteroatoms. The molecule has 0 bridgehead atoms. The highest BCUT2D eigenvalue weighted by Crippen LogP contribution is 2.41. The predicted octanol–water partition coefficient (Wildman–Crippen LogP) is 2.69. The van der Waals surface area contributed by atoms with Gasteiger partial charge in [0, 0.05) is 5.38 Å². The summed E-state index contributed by atoms with van der Waals surface area (Å²) >= 11 is 0.458. The zero-order valence-electron chi connectivity index (χ0n) is 9.56. The molecule has 1 aromatic rings. The highest BCUT2D eigenvalue weighted by Gasteiger charge is 2.36. The van der Waals surface area contributed by atoms with Crippen LogP contribution in [-0.2, 0) is 14.1 Å². The molecule has 0 saturated heterocycles. The highest BCUT2D eigenvalue weighted by atomic mass is 35.7. The van der Waals surface area contributed by atoms with Crippen molar-refractivity contribution in [1.82, 2.24) is 0 Å². The number of ether oxygens (including phenoxy) is 2. The van der Waals surface area contributed by atoms with E-state index in [4.69, 9.17) is 10.7 Å². The molecule has 0 atom stereocenters. The van der Waals surface area contributed by atoms with Gasteiger partial charge in [-0.25, -0.2) is 4.79 Å². The Morgan fingerprint density at radius 2 is 2.05 bits per heavy atom. The Bertz CT molecular complexity index is 594. The second kappa shape index (κ2) is 6.06. The van der Waals surface area contributed by atoms with Crippen molar-refractivity contribution in [1.29, 1.82) is 0 Å². The van der Waals surface area contributed by atoms with Crippen LogP contribution in [-0.4, -0.2) is 27.4 Å². The average Bonchev–Trinajstić information content (AvgIpc) is 2.57. The minimum absolute atomic E-state index is 0.0702. The summed E-state index contributed by atoms with van der Waals surface area (Å²) in [4.78, 5) is 10.9. The van der Waals surface area contributed by atoms with Crippen LogP contribution in [0.3, 0.4) is 0 Å². The van der Waals surface area contributed by atoms with Gasteiger partial charge in [0.25, 0.3) is 0 Å². The summed E-state index contributed by atoms with van der Waals surface area (Å²) in [5.41, 5.74) is 0. The van der Waals surface area contributed by atoms with Crippen LogP contribution >= 0.6 is 22.0 Å². The molecule has 0 N–H and O–H groups in total. The van der Waals surface area contributed by atoms with E-state index in [2.05, 4.69) is 13.7 Å². The SMILES string of the molecule is CCOC(=O)c1scc(OC(F)(F)F)c1OS(=O)(=O)Cl. The molecule has 6 nitrogen and oxygen atoms in total. The van der Waals surface area contributed by atoms with Crippen LogP contribution in [0.1, 0.15) is 16.6 Å². The van der Waals surface area contributed by atoms with Crippen molar-refractivity contribution >= 4 is 37.3 Å². The first kappa shape index (κ1) is 16.9. The molecule has 1 aromatic heterocycles. The molecular weight excluding hydrogens is 349 g/mol. The normalized spacial score (nSPS) is 12.1. The van der Waals surface area contributed by atoms with Crippen molar-refractivity contribution < 1.29 is 40.0 Å². The third kappa shape index (κ3) is 5.06. The quantitative estimate of drug-likeness (QED) is 0.597. The number of esters is 1. The number of thiophene rings is 1. The van der Waals surface area contributed by atoms with Gasteiger partial charge in [0.15, 0.2) is 10.6 Å². The number of hydrogen-bond acceptors (Lipinski definition) is 7. The summed E-state index contributed by atoms with van der Waals surface area (Å²) in [6, 6.07) is 0. The van der Waals surface area contributed by atoms with E-state index in [1.165, 1.54) is 6.92 Å². The van der Waals surface area contributed by atoms with Gasteiger partial charge in [-0.05, 0) is 6.92 Å². The zero-order valence-corrected chi connectivity index (χ0v) is 12.0. The minimum atomic E-state index is -5.10. The summed E-state index contributed by atoms with van der Waals surface area (Å²) in [7, 11) is 0.115. The smallest absolute Gasteiger partial charge is 0.462 e. The largest absolute Gasteiger partial charge is 0.573 e. The summed E-state index contributed by atoms with van der Waals surface area (Å²) in [6.07, 6.45) is -5.10. The van der Waals surface area contributed by atoms with Gasteiger partial charge in [-0.15, -0.1) is 24.5 Å². The molecule has 0 aromatic carbocycles. The van der Waals surface area contributed by atoms with Crippen LogP contribution in [0.5, 0.6) is 11.5 Å². The van der Waals surface area contributed by atoms with Crippen LogP contribution in [0.15, 0.2) is 5.38 Å². The first-order valence-electron chi connectivity index (χ1n) is 4.72. The minimum Gasteiger partial charge on any atom is -0.462 e. The van der Waals surface area contributed by atoms with E-state index in [0.29, 0.717) is 11.3 Å². The second-order valence-corrected chi connectivity index (χ2v) is 5.97. The fraction of sp³-hybridized carbons (Fsp3) is 0.375. The maximum Gasteiger partial charge on any atom is 0.573 e. The van der Waals surface area contributed by atoms with Crippen LogP contribution in [0.2, 0.25) is 0 Å². The average molecular weight is 355 g/mol. The van der Waals surface area contributed by atoms with E-state index in [-0.39, 0.29) is 6.61 Å². The van der Waals surface area contributed by atoms with Crippen LogP contribution in [0.4, 0.5) is 13.2 Å². The van der Waals surface area contributed by atoms with E-state index >= 15 is 0 Å². The van der Waals surface area contributed by atoms with Crippen LogP contribution in [0.25, 0.3) is 0 Å². The lowest BCUT2D eigenvalue weighted by Crippen LogP contribution is -2.18. The van der Waals surface area contributed by atoms with Crippen LogP contribution in [0, 0.1) is 0 Å². The Morgan fingerprint density at radius 3 is 2.50 bits per heavy atom. The Labute approximate surface area is 119 Å². The predicted molar refractivity (Wildman–Crippen MR) is 62.4 cm³/mol. The first-order chi connectivity index (χ1) is 9.03. The van der Waals surface area contributed by atoms with Crippen molar-refractivity contribution in [2.24, 2.45) is 0 Å². The molecule has 0 saturated carbocycles. The molecule has 0 aliphatic rings. The van der Waals surface area contributed by atoms with Crippen molar-refractivity contribution in [2.45, 2.75) is 13.3 Å². The van der Waals surface area contributed by atoms with Gasteiger partial charge in [-0.1, -0.05) is 0 Å². The Hall–Kier alpha value is -1.20. The standard InChI is InChI=1S/C8H6ClF3O6S2/c1-2-16-7(13)6-5(18-20(9,14)15)4(3-19-6)17-8(10,11)12/h3H,2H2,1H3. The van der Waals surface area contributed by atoms with E-state index in [1.807, 2.05) is 0 Å². The van der Waals surface area contributed by atoms with Gasteiger partial charge in [-0.3, -0.25) is 0 Å². The summed E-state index contributed by atoms with van der Waals surface area (Å²) in [5.74, 6) is -3.04. The van der Waals surface area contributed by atoms with Crippen molar-refractivity contribution in [3.8, 4) is 11.5 Å². The lowest BCUT2D eigenvalue weighted by atomic mass is 10.4. The van der Waals surface area contributed by atoms with E-state index in [1.54, 1.807) is 0 Å². The highest BCUT2D eigenvalue weighted by molar-refractivity contribution is 8.10. The molecule has 20 heavy (non-hydrogen) atoms. The zero-order chi connectivity index (χ0) is 15.6. The Kier molecular flexibility index (Phi) is 5.10. The molecule has 1 rings (SSSR count). The molecule has 0 unspecified atom stereocenters. The molecule has 0 aliphatic heterocycles. The van der Waals surface area contributed by atoms with Gasteiger partial charge >= 0.3 is 21.7 Å². The molecule has 1 heterocycles. The molecule has 0 aliphatic carbocycles. The van der Waals surface area contributed by atoms with Gasteiger partial charge < -0.3 is 13.7 Å². The summed E-state index contributed by atoms with van der Waals surface area (Å²) in [6.45, 7) is 1.39. The monoisotopic (exact) mass is 354 g/mol. The first-order valence-corrected chi connectivity index (χ1v) is 7.83. The third-order valence-electron chi connectivity index (χ3n) is 1.58. The lowest BCUT2D eigenvalue weighted by Gasteiger charge is -2.09. The fourth-order valence-electron chi connectivity index (χ4n) is 1.04. The fourth-order valence-corrected chi connectivity index (χ4v) is 2.43. The van der Waals surface area contributed by atoms with Crippen molar-refractivity contribution in [3.05, 3.63) is 10.3 Å². The third-order valence-corrected chi connectivity index (χ3v) is 3.06. The Balaban J connectivity index is 3.22. The van der Waals surface area contributed by atoms with Gasteiger partial charge in [0.2, 0.25) is 5.75 Å². The molecule has 0 fully saturated rings. The molecule has 0 spiro atoms. The van der Waals surface area contributed by atoms with Gasteiger partial charge in [-0.2, -0.15) is 8.42 Å². The van der Waals surface area contributed by atoms with E-state index in [9.17, 15) is 26.4 Å². The number of alkyl halides is 3. The van der Waals surface area contributed by atoms with Crippen LogP contribution < -0.4 is 8.92 Å². The molecule has 0 amide bonds. The van der Waals surface area contributed by atoms with Crippen molar-refractivity contribution in [2.75, 3.05) is 6.61 Å². The lowest BCUT2D eigenvalue weighted by molar-refractivity contribution is -0.274. The number of carbonyl (C=O) groups is 1. The molecule has 0 radical (unpaired) electrons. The second-order valence-electron chi connectivity index (χ2n) is 3.00. The molecule has 114 valence electrons. The van der Waals surface area contributed by atoms with E-state index < -0.39 is 38.0 Å². The summed E-state index contributed by atoms with van der Waals surface area (Å²) in [5, 5.41) is 0.747. The van der Waals surface area contributed by atoms with Gasteiger partial charge in [0.1, 0.15) is 0 Å². The number of halogens is 4. The van der Waals surface area contributed by atoms with E-state index in [0.717, 1.165) is 5.38 Å². The van der Waals surface area contributed by atoms with Crippen molar-refractivity contribution in [3.63, 3.8) is 0 Å².